The Balaban J connectivity index is 2.03. The van der Waals surface area contributed by atoms with Crippen LogP contribution in [-0.2, 0) is 4.79 Å². The van der Waals surface area contributed by atoms with Gasteiger partial charge in [-0.25, -0.2) is 0 Å². The number of aromatic hydroxyl groups is 1. The quantitative estimate of drug-likeness (QED) is 0.866. The molecule has 0 radical (unpaired) electrons. The van der Waals surface area contributed by atoms with Crippen molar-refractivity contribution >= 4 is 11.9 Å². The lowest BCUT2D eigenvalue weighted by Gasteiger charge is -2.36. The lowest BCUT2D eigenvalue weighted by atomic mass is 10.1. The SMILES string of the molecule is Cc1ccc(O)c(C(=O)N2CCN(C(C)C(=O)O)CC2)c1. The molecule has 6 nitrogen and oxygen atoms in total. The molecule has 1 aliphatic heterocycles. The van der Waals surface area contributed by atoms with Gasteiger partial charge in [0, 0.05) is 26.2 Å². The molecule has 1 aromatic rings. The number of phenols is 1. The first-order valence-electron chi connectivity index (χ1n) is 6.96. The minimum absolute atomic E-state index is 0.0214. The van der Waals surface area contributed by atoms with Crippen molar-refractivity contribution in [3.8, 4) is 5.75 Å². The molecule has 1 aromatic carbocycles. The Labute approximate surface area is 123 Å². The molecular formula is C15H20N2O4. The minimum atomic E-state index is -0.855. The van der Waals surface area contributed by atoms with Gasteiger partial charge in [0.05, 0.1) is 5.56 Å². The summed E-state index contributed by atoms with van der Waals surface area (Å²) in [5.41, 5.74) is 1.21. The number of piperazine rings is 1. The molecule has 1 fully saturated rings. The Kier molecular flexibility index (Phi) is 4.47. The number of hydrogen-bond donors (Lipinski definition) is 2. The maximum atomic E-state index is 12.4. The fourth-order valence-electron chi connectivity index (χ4n) is 2.46. The van der Waals surface area contributed by atoms with Crippen LogP contribution in [0.4, 0.5) is 0 Å². The number of carbonyl (C=O) groups excluding carboxylic acids is 1. The number of benzene rings is 1. The number of aliphatic carboxylic acids is 1. The van der Waals surface area contributed by atoms with Gasteiger partial charge in [0.25, 0.3) is 5.91 Å². The summed E-state index contributed by atoms with van der Waals surface area (Å²) in [6, 6.07) is 4.39. The van der Waals surface area contributed by atoms with Gasteiger partial charge in [-0.15, -0.1) is 0 Å². The number of hydrogen-bond acceptors (Lipinski definition) is 4. The van der Waals surface area contributed by atoms with E-state index in [0.29, 0.717) is 31.7 Å². The van der Waals surface area contributed by atoms with Crippen molar-refractivity contribution in [2.24, 2.45) is 0 Å². The van der Waals surface area contributed by atoms with Crippen molar-refractivity contribution in [3.05, 3.63) is 29.3 Å². The number of amides is 1. The molecule has 0 bridgehead atoms. The predicted molar refractivity (Wildman–Crippen MR) is 77.4 cm³/mol. The van der Waals surface area contributed by atoms with Gasteiger partial charge in [-0.3, -0.25) is 14.5 Å². The number of nitrogens with zero attached hydrogens (tertiary/aromatic N) is 2. The first-order valence-corrected chi connectivity index (χ1v) is 6.96. The van der Waals surface area contributed by atoms with E-state index in [4.69, 9.17) is 5.11 Å². The number of phenolic OH excluding ortho intramolecular Hbond substituents is 1. The van der Waals surface area contributed by atoms with Gasteiger partial charge in [-0.05, 0) is 26.0 Å². The van der Waals surface area contributed by atoms with E-state index in [0.717, 1.165) is 5.56 Å². The normalized spacial score (nSPS) is 17.5. The van der Waals surface area contributed by atoms with Gasteiger partial charge in [-0.1, -0.05) is 11.6 Å². The monoisotopic (exact) mass is 292 g/mol. The number of rotatable bonds is 3. The van der Waals surface area contributed by atoms with Crippen molar-refractivity contribution < 1.29 is 19.8 Å². The number of carboxylic acid groups (broad SMARTS) is 1. The van der Waals surface area contributed by atoms with Crippen LogP contribution in [0.15, 0.2) is 18.2 Å². The highest BCUT2D eigenvalue weighted by molar-refractivity contribution is 5.97. The van der Waals surface area contributed by atoms with Crippen molar-refractivity contribution in [2.75, 3.05) is 26.2 Å². The molecule has 21 heavy (non-hydrogen) atoms. The van der Waals surface area contributed by atoms with Crippen LogP contribution in [-0.4, -0.2) is 64.1 Å². The fourth-order valence-corrected chi connectivity index (χ4v) is 2.46. The molecule has 1 heterocycles. The van der Waals surface area contributed by atoms with Crippen molar-refractivity contribution in [3.63, 3.8) is 0 Å². The van der Waals surface area contributed by atoms with E-state index in [1.807, 2.05) is 11.8 Å². The van der Waals surface area contributed by atoms with Gasteiger partial charge >= 0.3 is 5.97 Å². The zero-order valence-electron chi connectivity index (χ0n) is 12.2. The lowest BCUT2D eigenvalue weighted by molar-refractivity contribution is -0.143. The van der Waals surface area contributed by atoms with Crippen LogP contribution in [0, 0.1) is 6.92 Å². The van der Waals surface area contributed by atoms with Crippen LogP contribution < -0.4 is 0 Å². The molecule has 0 aliphatic carbocycles. The van der Waals surface area contributed by atoms with Crippen LogP contribution >= 0.6 is 0 Å². The number of aryl methyl sites for hydroxylation is 1. The zero-order chi connectivity index (χ0) is 15.6. The van der Waals surface area contributed by atoms with Crippen molar-refractivity contribution in [1.29, 1.82) is 0 Å². The highest BCUT2D eigenvalue weighted by Gasteiger charge is 2.28. The van der Waals surface area contributed by atoms with Gasteiger partial charge in [0.15, 0.2) is 0 Å². The molecule has 0 spiro atoms. The third-order valence-corrected chi connectivity index (χ3v) is 3.89. The average molecular weight is 292 g/mol. The molecule has 1 unspecified atom stereocenters. The smallest absolute Gasteiger partial charge is 0.320 e. The maximum absolute atomic E-state index is 12.4. The molecule has 1 amide bonds. The lowest BCUT2D eigenvalue weighted by Crippen LogP contribution is -2.53. The van der Waals surface area contributed by atoms with Gasteiger partial charge in [0.1, 0.15) is 11.8 Å². The van der Waals surface area contributed by atoms with E-state index >= 15 is 0 Å². The molecule has 6 heteroatoms. The summed E-state index contributed by atoms with van der Waals surface area (Å²) in [5.74, 6) is -1.09. The second-order valence-electron chi connectivity index (χ2n) is 5.36. The van der Waals surface area contributed by atoms with E-state index in [1.54, 1.807) is 24.0 Å². The fraction of sp³-hybridized carbons (Fsp3) is 0.467. The summed E-state index contributed by atoms with van der Waals surface area (Å²) >= 11 is 0. The topological polar surface area (TPSA) is 81.1 Å². The largest absolute Gasteiger partial charge is 0.507 e. The summed E-state index contributed by atoms with van der Waals surface area (Å²) in [6.07, 6.45) is 0. The number of carbonyl (C=O) groups is 2. The molecule has 2 N–H and O–H groups in total. The third-order valence-electron chi connectivity index (χ3n) is 3.89. The molecule has 114 valence electrons. The van der Waals surface area contributed by atoms with Crippen LogP contribution in [0.5, 0.6) is 5.75 Å². The highest BCUT2D eigenvalue weighted by Crippen LogP contribution is 2.21. The Morgan fingerprint density at radius 3 is 2.38 bits per heavy atom. The first kappa shape index (κ1) is 15.3. The van der Waals surface area contributed by atoms with E-state index in [-0.39, 0.29) is 11.7 Å². The summed E-state index contributed by atoms with van der Waals surface area (Å²) in [7, 11) is 0. The molecule has 1 aliphatic rings. The van der Waals surface area contributed by atoms with E-state index in [9.17, 15) is 14.7 Å². The Bertz CT molecular complexity index is 551. The predicted octanol–water partition coefficient (Wildman–Crippen LogP) is 0.932. The second-order valence-corrected chi connectivity index (χ2v) is 5.36. The summed E-state index contributed by atoms with van der Waals surface area (Å²) in [4.78, 5) is 26.9. The summed E-state index contributed by atoms with van der Waals surface area (Å²) in [6.45, 7) is 5.47. The highest BCUT2D eigenvalue weighted by atomic mass is 16.4. The second kappa shape index (κ2) is 6.13. The van der Waals surface area contributed by atoms with Crippen molar-refractivity contribution in [1.82, 2.24) is 9.80 Å². The van der Waals surface area contributed by atoms with Crippen LogP contribution in [0.25, 0.3) is 0 Å². The average Bonchev–Trinajstić information content (AvgIpc) is 2.48. The first-order chi connectivity index (χ1) is 9.90. The van der Waals surface area contributed by atoms with Gasteiger partial charge < -0.3 is 15.1 Å². The van der Waals surface area contributed by atoms with Crippen LogP contribution in [0.2, 0.25) is 0 Å². The summed E-state index contributed by atoms with van der Waals surface area (Å²) < 4.78 is 0. The minimum Gasteiger partial charge on any atom is -0.507 e. The van der Waals surface area contributed by atoms with Crippen molar-refractivity contribution in [2.45, 2.75) is 19.9 Å². The standard InChI is InChI=1S/C15H20N2O4/c1-10-3-4-13(18)12(9-10)14(19)17-7-5-16(6-8-17)11(2)15(20)21/h3-4,9,11,18H,5-8H2,1-2H3,(H,20,21). The molecule has 1 saturated heterocycles. The zero-order valence-corrected chi connectivity index (χ0v) is 12.2. The molecule has 0 saturated carbocycles. The number of carboxylic acids is 1. The molecule has 2 rings (SSSR count). The Hall–Kier alpha value is -2.08. The molecule has 1 atom stereocenters. The van der Waals surface area contributed by atoms with Gasteiger partial charge in [-0.2, -0.15) is 0 Å². The Morgan fingerprint density at radius 1 is 1.19 bits per heavy atom. The van der Waals surface area contributed by atoms with Crippen LogP contribution in [0.1, 0.15) is 22.8 Å². The maximum Gasteiger partial charge on any atom is 0.320 e. The van der Waals surface area contributed by atoms with E-state index in [1.165, 1.54) is 6.07 Å². The van der Waals surface area contributed by atoms with E-state index in [2.05, 4.69) is 0 Å². The third kappa shape index (κ3) is 3.33. The van der Waals surface area contributed by atoms with Gasteiger partial charge in [0.2, 0.25) is 0 Å². The molecular weight excluding hydrogens is 272 g/mol. The Morgan fingerprint density at radius 2 is 1.81 bits per heavy atom. The summed E-state index contributed by atoms with van der Waals surface area (Å²) in [5, 5.41) is 18.8. The van der Waals surface area contributed by atoms with E-state index < -0.39 is 12.0 Å². The van der Waals surface area contributed by atoms with Crippen LogP contribution in [0.3, 0.4) is 0 Å². The molecule has 0 aromatic heterocycles.